The van der Waals surface area contributed by atoms with Gasteiger partial charge in [0.25, 0.3) is 5.91 Å². The molecular formula is C21H22F3N3O2. The molecule has 0 bridgehead atoms. The van der Waals surface area contributed by atoms with Crippen LogP contribution in [0.3, 0.4) is 0 Å². The standard InChI is InChI=1S/C21H22F3N3O2/c1-20(2,14-5-4-6-15(10-14)21(22,23)24)12-25-19(29)13-7-8-17-16(9-13)26-18(28)11-27(17)3/h4-10H,11-12H2,1-3H3,(H,25,29)(H,26,28). The number of halogens is 3. The number of likely N-dealkylation sites (N-methyl/N-ethyl adjacent to an activating group) is 1. The number of fused-ring (bicyclic) bond motifs is 1. The summed E-state index contributed by atoms with van der Waals surface area (Å²) in [5.74, 6) is -0.529. The average Bonchev–Trinajstić information content (AvgIpc) is 2.65. The molecule has 154 valence electrons. The van der Waals surface area contributed by atoms with E-state index >= 15 is 0 Å². The van der Waals surface area contributed by atoms with Crippen molar-refractivity contribution in [3.8, 4) is 0 Å². The zero-order chi connectivity index (χ0) is 21.4. The van der Waals surface area contributed by atoms with Crippen molar-refractivity contribution >= 4 is 23.2 Å². The second kappa shape index (κ2) is 7.42. The molecule has 1 aliphatic rings. The number of alkyl halides is 3. The summed E-state index contributed by atoms with van der Waals surface area (Å²) < 4.78 is 38.9. The zero-order valence-electron chi connectivity index (χ0n) is 16.4. The van der Waals surface area contributed by atoms with E-state index in [1.807, 2.05) is 0 Å². The van der Waals surface area contributed by atoms with Gasteiger partial charge in [-0.05, 0) is 29.8 Å². The summed E-state index contributed by atoms with van der Waals surface area (Å²) in [6.45, 7) is 3.93. The van der Waals surface area contributed by atoms with Crippen molar-refractivity contribution < 1.29 is 22.8 Å². The second-order valence-corrected chi connectivity index (χ2v) is 7.78. The quantitative estimate of drug-likeness (QED) is 0.814. The Morgan fingerprint density at radius 2 is 1.83 bits per heavy atom. The first kappa shape index (κ1) is 20.7. The Hall–Kier alpha value is -3.03. The first-order valence-electron chi connectivity index (χ1n) is 9.08. The summed E-state index contributed by atoms with van der Waals surface area (Å²) in [4.78, 5) is 26.1. The third-order valence-electron chi connectivity index (χ3n) is 4.99. The van der Waals surface area contributed by atoms with E-state index in [4.69, 9.17) is 0 Å². The van der Waals surface area contributed by atoms with Gasteiger partial charge in [0.1, 0.15) is 0 Å². The maximum absolute atomic E-state index is 13.0. The summed E-state index contributed by atoms with van der Waals surface area (Å²) in [5, 5.41) is 5.52. The van der Waals surface area contributed by atoms with E-state index in [2.05, 4.69) is 10.6 Å². The van der Waals surface area contributed by atoms with Crippen LogP contribution in [0.2, 0.25) is 0 Å². The fourth-order valence-corrected chi connectivity index (χ4v) is 3.22. The number of benzene rings is 2. The molecule has 2 aromatic carbocycles. The van der Waals surface area contributed by atoms with Gasteiger partial charge >= 0.3 is 6.18 Å². The Bertz CT molecular complexity index is 954. The first-order valence-corrected chi connectivity index (χ1v) is 9.08. The van der Waals surface area contributed by atoms with Crippen LogP contribution in [0.1, 0.15) is 35.3 Å². The van der Waals surface area contributed by atoms with Gasteiger partial charge in [0.05, 0.1) is 23.5 Å². The van der Waals surface area contributed by atoms with Crippen LogP contribution in [0.5, 0.6) is 0 Å². The largest absolute Gasteiger partial charge is 0.416 e. The Balaban J connectivity index is 1.73. The van der Waals surface area contributed by atoms with Crippen LogP contribution in [0, 0.1) is 0 Å². The molecule has 2 aromatic rings. The molecule has 1 heterocycles. The number of carbonyl (C=O) groups is 2. The van der Waals surface area contributed by atoms with E-state index < -0.39 is 17.2 Å². The molecule has 29 heavy (non-hydrogen) atoms. The molecule has 0 fully saturated rings. The van der Waals surface area contributed by atoms with Crippen LogP contribution in [0.25, 0.3) is 0 Å². The van der Waals surface area contributed by atoms with Crippen molar-refractivity contribution in [3.63, 3.8) is 0 Å². The van der Waals surface area contributed by atoms with Crippen molar-refractivity contribution in [3.05, 3.63) is 59.2 Å². The predicted octanol–water partition coefficient (Wildman–Crippen LogP) is 3.80. The van der Waals surface area contributed by atoms with Crippen LogP contribution in [0.4, 0.5) is 24.5 Å². The Kier molecular flexibility index (Phi) is 5.30. The highest BCUT2D eigenvalue weighted by Crippen LogP contribution is 2.33. The van der Waals surface area contributed by atoms with E-state index in [1.165, 1.54) is 6.07 Å². The number of nitrogens with one attached hydrogen (secondary N) is 2. The number of hydrogen-bond acceptors (Lipinski definition) is 3. The molecule has 8 heteroatoms. The maximum Gasteiger partial charge on any atom is 0.416 e. The summed E-state index contributed by atoms with van der Waals surface area (Å²) in [7, 11) is 1.79. The highest BCUT2D eigenvalue weighted by molar-refractivity contribution is 6.03. The van der Waals surface area contributed by atoms with Gasteiger partial charge in [-0.2, -0.15) is 13.2 Å². The van der Waals surface area contributed by atoms with E-state index in [9.17, 15) is 22.8 Å². The molecule has 0 atom stereocenters. The molecule has 1 aliphatic heterocycles. The lowest BCUT2D eigenvalue weighted by Crippen LogP contribution is -2.37. The molecule has 5 nitrogen and oxygen atoms in total. The molecule has 2 amide bonds. The summed E-state index contributed by atoms with van der Waals surface area (Å²) >= 11 is 0. The van der Waals surface area contributed by atoms with Crippen molar-refractivity contribution in [2.24, 2.45) is 0 Å². The summed E-state index contributed by atoms with van der Waals surface area (Å²) in [5.41, 5.74) is 0.772. The number of carbonyl (C=O) groups excluding carboxylic acids is 2. The normalized spacial score (nSPS) is 14.3. The van der Waals surface area contributed by atoms with Gasteiger partial charge in [-0.3, -0.25) is 9.59 Å². The minimum Gasteiger partial charge on any atom is -0.364 e. The van der Waals surface area contributed by atoms with Crippen LogP contribution in [-0.4, -0.2) is 32.0 Å². The highest BCUT2D eigenvalue weighted by atomic mass is 19.4. The molecule has 0 aliphatic carbocycles. The highest BCUT2D eigenvalue weighted by Gasteiger charge is 2.32. The molecule has 2 N–H and O–H groups in total. The lowest BCUT2D eigenvalue weighted by atomic mass is 9.83. The maximum atomic E-state index is 13.0. The van der Waals surface area contributed by atoms with Crippen molar-refractivity contribution in [1.82, 2.24) is 5.32 Å². The minimum atomic E-state index is -4.42. The zero-order valence-corrected chi connectivity index (χ0v) is 16.4. The predicted molar refractivity (Wildman–Crippen MR) is 105 cm³/mol. The second-order valence-electron chi connectivity index (χ2n) is 7.78. The van der Waals surface area contributed by atoms with Crippen LogP contribution >= 0.6 is 0 Å². The Morgan fingerprint density at radius 3 is 2.52 bits per heavy atom. The SMILES string of the molecule is CN1CC(=O)Nc2cc(C(=O)NCC(C)(C)c3cccc(C(F)(F)F)c3)ccc21. The molecule has 0 aromatic heterocycles. The topological polar surface area (TPSA) is 61.4 Å². The van der Waals surface area contributed by atoms with Crippen LogP contribution in [-0.2, 0) is 16.4 Å². The number of hydrogen-bond donors (Lipinski definition) is 2. The van der Waals surface area contributed by atoms with Gasteiger partial charge in [0.2, 0.25) is 5.91 Å². The monoisotopic (exact) mass is 405 g/mol. The van der Waals surface area contributed by atoms with Crippen molar-refractivity contribution in [2.45, 2.75) is 25.4 Å². The van der Waals surface area contributed by atoms with E-state index in [1.54, 1.807) is 50.1 Å². The summed E-state index contributed by atoms with van der Waals surface area (Å²) in [6, 6.07) is 10.1. The van der Waals surface area contributed by atoms with E-state index in [-0.39, 0.29) is 24.9 Å². The van der Waals surface area contributed by atoms with Gasteiger partial charge in [-0.25, -0.2) is 0 Å². The summed E-state index contributed by atoms with van der Waals surface area (Å²) in [6.07, 6.45) is -4.42. The van der Waals surface area contributed by atoms with Gasteiger partial charge in [-0.15, -0.1) is 0 Å². The van der Waals surface area contributed by atoms with Gasteiger partial charge in [-0.1, -0.05) is 32.0 Å². The van der Waals surface area contributed by atoms with E-state index in [0.29, 0.717) is 16.8 Å². The molecule has 0 unspecified atom stereocenters. The third-order valence-corrected chi connectivity index (χ3v) is 4.99. The van der Waals surface area contributed by atoms with Gasteiger partial charge in [0.15, 0.2) is 0 Å². The molecule has 0 spiro atoms. The number of amides is 2. The van der Waals surface area contributed by atoms with Crippen molar-refractivity contribution in [2.75, 3.05) is 30.4 Å². The molecule has 0 radical (unpaired) electrons. The number of anilines is 2. The molecular weight excluding hydrogens is 383 g/mol. The fraction of sp³-hybridized carbons (Fsp3) is 0.333. The lowest BCUT2D eigenvalue weighted by molar-refractivity contribution is -0.137. The average molecular weight is 405 g/mol. The Labute approximate surface area is 166 Å². The smallest absolute Gasteiger partial charge is 0.364 e. The fourth-order valence-electron chi connectivity index (χ4n) is 3.22. The van der Waals surface area contributed by atoms with Gasteiger partial charge < -0.3 is 15.5 Å². The van der Waals surface area contributed by atoms with Crippen LogP contribution < -0.4 is 15.5 Å². The Morgan fingerprint density at radius 1 is 1.14 bits per heavy atom. The minimum absolute atomic E-state index is 0.149. The van der Waals surface area contributed by atoms with Gasteiger partial charge in [0, 0.05) is 24.6 Å². The van der Waals surface area contributed by atoms with Crippen LogP contribution in [0.15, 0.2) is 42.5 Å². The first-order chi connectivity index (χ1) is 13.5. The third kappa shape index (κ3) is 4.52. The van der Waals surface area contributed by atoms with E-state index in [0.717, 1.165) is 17.8 Å². The lowest BCUT2D eigenvalue weighted by Gasteiger charge is -2.28. The number of rotatable bonds is 4. The molecule has 3 rings (SSSR count). The molecule has 0 saturated carbocycles. The van der Waals surface area contributed by atoms with Crippen molar-refractivity contribution in [1.29, 1.82) is 0 Å². The number of nitrogens with zero attached hydrogens (tertiary/aromatic N) is 1. The molecule has 0 saturated heterocycles.